The number of carbonyl (C=O) groups is 2. The van der Waals surface area contributed by atoms with Gasteiger partial charge in [-0.3, -0.25) is 9.59 Å². The molecular weight excluding hydrogens is 228 g/mol. The first-order valence-corrected chi connectivity index (χ1v) is 7.20. The van der Waals surface area contributed by atoms with Crippen molar-refractivity contribution in [1.82, 2.24) is 0 Å². The Balaban J connectivity index is 2.87. The molecule has 0 saturated heterocycles. The highest BCUT2D eigenvalue weighted by molar-refractivity contribution is 6.05. The van der Waals surface area contributed by atoms with Gasteiger partial charge in [-0.15, -0.1) is 0 Å². The van der Waals surface area contributed by atoms with Crippen LogP contribution in [0.4, 0.5) is 0 Å². The average molecular weight is 254 g/mol. The third-order valence-corrected chi connectivity index (χ3v) is 4.53. The fourth-order valence-corrected chi connectivity index (χ4v) is 3.17. The van der Waals surface area contributed by atoms with Gasteiger partial charge in [-0.05, 0) is 31.6 Å². The number of Topliss-reactive ketones (excluding diaryl/α,β-unsaturated/α-hetero) is 1. The average Bonchev–Trinajstić information content (AvgIpc) is 2.30. The molecule has 1 aliphatic carbocycles. The second-order valence-electron chi connectivity index (χ2n) is 5.54. The summed E-state index contributed by atoms with van der Waals surface area (Å²) in [6, 6.07) is 0. The third kappa shape index (κ3) is 2.45. The number of hydrogen-bond acceptors (Lipinski definition) is 3. The second kappa shape index (κ2) is 5.85. The van der Waals surface area contributed by atoms with Crippen LogP contribution in [0.1, 0.15) is 66.2 Å². The van der Waals surface area contributed by atoms with E-state index in [9.17, 15) is 9.59 Å². The van der Waals surface area contributed by atoms with Crippen LogP contribution in [0.2, 0.25) is 0 Å². The van der Waals surface area contributed by atoms with E-state index in [2.05, 4.69) is 13.8 Å². The predicted molar refractivity (Wildman–Crippen MR) is 71.2 cm³/mol. The summed E-state index contributed by atoms with van der Waals surface area (Å²) in [6.45, 7) is 8.40. The first kappa shape index (κ1) is 15.2. The maximum Gasteiger partial charge on any atom is 0.319 e. The molecule has 0 unspecified atom stereocenters. The summed E-state index contributed by atoms with van der Waals surface area (Å²) in [5, 5.41) is 0. The lowest BCUT2D eigenvalue weighted by Crippen LogP contribution is -2.56. The topological polar surface area (TPSA) is 43.4 Å². The van der Waals surface area contributed by atoms with Crippen LogP contribution < -0.4 is 0 Å². The highest BCUT2D eigenvalue weighted by Crippen LogP contribution is 2.59. The van der Waals surface area contributed by atoms with E-state index in [4.69, 9.17) is 4.74 Å². The van der Waals surface area contributed by atoms with Crippen LogP contribution in [-0.2, 0) is 14.3 Å². The van der Waals surface area contributed by atoms with Crippen molar-refractivity contribution in [2.75, 3.05) is 6.61 Å². The molecule has 0 aromatic heterocycles. The van der Waals surface area contributed by atoms with Gasteiger partial charge >= 0.3 is 5.97 Å². The molecule has 0 N–H and O–H groups in total. The summed E-state index contributed by atoms with van der Waals surface area (Å²) >= 11 is 0. The zero-order valence-electron chi connectivity index (χ0n) is 12.2. The minimum absolute atomic E-state index is 0.0842. The van der Waals surface area contributed by atoms with Gasteiger partial charge in [0, 0.05) is 6.42 Å². The maximum atomic E-state index is 12.3. The molecule has 0 aromatic carbocycles. The molecule has 0 aliphatic heterocycles. The Bertz CT molecular complexity index is 288. The lowest BCUT2D eigenvalue weighted by molar-refractivity contribution is -0.178. The highest BCUT2D eigenvalue weighted by atomic mass is 16.5. The summed E-state index contributed by atoms with van der Waals surface area (Å²) in [4.78, 5) is 24.4. The van der Waals surface area contributed by atoms with E-state index in [1.54, 1.807) is 6.92 Å². The first-order valence-electron chi connectivity index (χ1n) is 7.20. The number of ketones is 1. The monoisotopic (exact) mass is 254 g/mol. The number of carbonyl (C=O) groups excluding carboxylic acids is 2. The summed E-state index contributed by atoms with van der Waals surface area (Å²) in [5.74, 6) is -0.207. The zero-order chi connectivity index (χ0) is 13.8. The SMILES string of the molecule is CCCC(=O)C1(C(=O)OCC)CC(CC)(CC)C1. The van der Waals surface area contributed by atoms with E-state index in [0.717, 1.165) is 19.3 Å². The Morgan fingerprint density at radius 1 is 1.06 bits per heavy atom. The van der Waals surface area contributed by atoms with Crippen molar-refractivity contribution in [3.05, 3.63) is 0 Å². The van der Waals surface area contributed by atoms with Crippen LogP contribution in [0, 0.1) is 10.8 Å². The Hall–Kier alpha value is -0.860. The van der Waals surface area contributed by atoms with Gasteiger partial charge in [-0.1, -0.05) is 33.6 Å². The summed E-state index contributed by atoms with van der Waals surface area (Å²) in [6.07, 6.45) is 4.72. The van der Waals surface area contributed by atoms with E-state index >= 15 is 0 Å². The van der Waals surface area contributed by atoms with Crippen LogP contribution in [0.15, 0.2) is 0 Å². The Morgan fingerprint density at radius 2 is 1.61 bits per heavy atom. The Kier molecular flexibility index (Phi) is 4.94. The lowest BCUT2D eigenvalue weighted by atomic mass is 9.49. The highest BCUT2D eigenvalue weighted by Gasteiger charge is 2.61. The molecule has 0 bridgehead atoms. The molecule has 1 fully saturated rings. The minimum Gasteiger partial charge on any atom is -0.465 e. The quantitative estimate of drug-likeness (QED) is 0.516. The third-order valence-electron chi connectivity index (χ3n) is 4.53. The Labute approximate surface area is 110 Å². The van der Waals surface area contributed by atoms with Crippen LogP contribution in [-0.4, -0.2) is 18.4 Å². The van der Waals surface area contributed by atoms with E-state index in [1.165, 1.54) is 0 Å². The van der Waals surface area contributed by atoms with Crippen molar-refractivity contribution in [3.63, 3.8) is 0 Å². The molecule has 1 aliphatic rings. The molecule has 1 rings (SSSR count). The van der Waals surface area contributed by atoms with Crippen molar-refractivity contribution in [3.8, 4) is 0 Å². The number of ether oxygens (including phenoxy) is 1. The Morgan fingerprint density at radius 3 is 2.00 bits per heavy atom. The zero-order valence-corrected chi connectivity index (χ0v) is 12.2. The van der Waals surface area contributed by atoms with Crippen LogP contribution >= 0.6 is 0 Å². The standard InChI is InChI=1S/C15H26O3/c1-5-9-12(16)15(13(17)18-8-4)10-14(6-2,7-3)11-15/h5-11H2,1-4H3. The van der Waals surface area contributed by atoms with Gasteiger partial charge in [0.05, 0.1) is 6.61 Å². The van der Waals surface area contributed by atoms with Crippen LogP contribution in [0.25, 0.3) is 0 Å². The molecule has 1 saturated carbocycles. The van der Waals surface area contributed by atoms with Gasteiger partial charge in [0.25, 0.3) is 0 Å². The largest absolute Gasteiger partial charge is 0.465 e. The molecule has 3 nitrogen and oxygen atoms in total. The summed E-state index contributed by atoms with van der Waals surface area (Å²) in [5.41, 5.74) is -0.645. The van der Waals surface area contributed by atoms with E-state index < -0.39 is 5.41 Å². The van der Waals surface area contributed by atoms with Gasteiger partial charge in [0.2, 0.25) is 0 Å². The minimum atomic E-state index is -0.821. The molecule has 3 heteroatoms. The van der Waals surface area contributed by atoms with Gasteiger partial charge in [-0.25, -0.2) is 0 Å². The van der Waals surface area contributed by atoms with Gasteiger partial charge in [-0.2, -0.15) is 0 Å². The predicted octanol–water partition coefficient (Wildman–Crippen LogP) is 3.51. The van der Waals surface area contributed by atoms with Crippen LogP contribution in [0.3, 0.4) is 0 Å². The van der Waals surface area contributed by atoms with E-state index in [-0.39, 0.29) is 17.2 Å². The maximum absolute atomic E-state index is 12.3. The number of esters is 1. The summed E-state index contributed by atoms with van der Waals surface area (Å²) < 4.78 is 5.14. The molecule has 0 amide bonds. The number of hydrogen-bond donors (Lipinski definition) is 0. The van der Waals surface area contributed by atoms with Crippen molar-refractivity contribution in [2.24, 2.45) is 10.8 Å². The van der Waals surface area contributed by atoms with Crippen molar-refractivity contribution >= 4 is 11.8 Å². The summed E-state index contributed by atoms with van der Waals surface area (Å²) in [7, 11) is 0. The van der Waals surface area contributed by atoms with Gasteiger partial charge in [0.1, 0.15) is 11.2 Å². The molecule has 0 aromatic rings. The van der Waals surface area contributed by atoms with E-state index in [0.29, 0.717) is 25.9 Å². The van der Waals surface area contributed by atoms with Gasteiger partial charge in [0.15, 0.2) is 0 Å². The fourth-order valence-electron chi connectivity index (χ4n) is 3.17. The van der Waals surface area contributed by atoms with E-state index in [1.807, 2.05) is 6.92 Å². The van der Waals surface area contributed by atoms with Crippen molar-refractivity contribution in [1.29, 1.82) is 0 Å². The molecule has 0 heterocycles. The molecular formula is C15H26O3. The normalized spacial score (nSPS) is 20.0. The molecule has 0 atom stereocenters. The second-order valence-corrected chi connectivity index (χ2v) is 5.54. The lowest BCUT2D eigenvalue weighted by Gasteiger charge is -2.53. The molecule has 104 valence electrons. The molecule has 0 radical (unpaired) electrons. The smallest absolute Gasteiger partial charge is 0.319 e. The first-order chi connectivity index (χ1) is 8.50. The van der Waals surface area contributed by atoms with Crippen molar-refractivity contribution in [2.45, 2.75) is 66.2 Å². The molecule has 18 heavy (non-hydrogen) atoms. The van der Waals surface area contributed by atoms with Crippen molar-refractivity contribution < 1.29 is 14.3 Å². The molecule has 0 spiro atoms. The van der Waals surface area contributed by atoms with Gasteiger partial charge < -0.3 is 4.74 Å². The fraction of sp³-hybridized carbons (Fsp3) is 0.867. The van der Waals surface area contributed by atoms with Crippen LogP contribution in [0.5, 0.6) is 0 Å². The number of rotatable bonds is 7.